The van der Waals surface area contributed by atoms with Crippen LogP contribution in [0, 0.1) is 0 Å². The summed E-state index contributed by atoms with van der Waals surface area (Å²) >= 11 is 0. The van der Waals surface area contributed by atoms with E-state index in [0.29, 0.717) is 6.42 Å². The van der Waals surface area contributed by atoms with Gasteiger partial charge in [0.05, 0.1) is 19.1 Å². The smallest absolute Gasteiger partial charge is 0.308 e. The zero-order valence-corrected chi connectivity index (χ0v) is 6.96. The van der Waals surface area contributed by atoms with E-state index in [1.54, 1.807) is 13.0 Å². The molecule has 0 bridgehead atoms. The van der Waals surface area contributed by atoms with Gasteiger partial charge in [-0.3, -0.25) is 4.79 Å². The molecule has 11 heavy (non-hydrogen) atoms. The van der Waals surface area contributed by atoms with E-state index >= 15 is 0 Å². The van der Waals surface area contributed by atoms with E-state index in [9.17, 15) is 9.90 Å². The third-order valence-corrected chi connectivity index (χ3v) is 1.34. The molecule has 0 fully saturated rings. The third-order valence-electron chi connectivity index (χ3n) is 1.34. The number of carbonyl (C=O) groups excluding carboxylic acids is 1. The monoisotopic (exact) mass is 158 g/mol. The quantitative estimate of drug-likeness (QED) is 0.488. The van der Waals surface area contributed by atoms with Gasteiger partial charge < -0.3 is 9.84 Å². The van der Waals surface area contributed by atoms with E-state index in [-0.39, 0.29) is 6.42 Å². The Kier molecular flexibility index (Phi) is 3.82. The molecule has 0 aromatic carbocycles. The summed E-state index contributed by atoms with van der Waals surface area (Å²) in [5, 5.41) is 9.44. The molecule has 0 aromatic rings. The second-order valence-corrected chi connectivity index (χ2v) is 2.74. The normalized spacial score (nSPS) is 15.2. The van der Waals surface area contributed by atoms with Gasteiger partial charge in [-0.15, -0.1) is 6.58 Å². The number of rotatable bonds is 4. The van der Waals surface area contributed by atoms with Gasteiger partial charge in [-0.25, -0.2) is 0 Å². The minimum Gasteiger partial charge on any atom is -0.469 e. The molecule has 0 aliphatic heterocycles. The molecule has 1 unspecified atom stereocenters. The van der Waals surface area contributed by atoms with Gasteiger partial charge in [-0.2, -0.15) is 0 Å². The van der Waals surface area contributed by atoms with Crippen molar-refractivity contribution in [1.29, 1.82) is 0 Å². The summed E-state index contributed by atoms with van der Waals surface area (Å²) in [6, 6.07) is 0. The predicted molar refractivity (Wildman–Crippen MR) is 42.1 cm³/mol. The molecule has 0 aromatic heterocycles. The fourth-order valence-electron chi connectivity index (χ4n) is 0.766. The molecule has 0 amide bonds. The topological polar surface area (TPSA) is 46.5 Å². The van der Waals surface area contributed by atoms with Crippen LogP contribution in [-0.4, -0.2) is 23.8 Å². The first kappa shape index (κ1) is 10.2. The molecule has 0 saturated carbocycles. The van der Waals surface area contributed by atoms with Gasteiger partial charge in [-0.05, 0) is 13.3 Å². The second-order valence-electron chi connectivity index (χ2n) is 2.74. The van der Waals surface area contributed by atoms with Crippen molar-refractivity contribution in [3.63, 3.8) is 0 Å². The zero-order chi connectivity index (χ0) is 8.91. The van der Waals surface area contributed by atoms with Gasteiger partial charge in [0.15, 0.2) is 0 Å². The molecule has 0 aliphatic carbocycles. The standard InChI is InChI=1S/C8H14O3/c1-4-5-8(2,10)6-7(9)11-3/h4,10H,1,5-6H2,2-3H3. The molecule has 0 radical (unpaired) electrons. The lowest BCUT2D eigenvalue weighted by Gasteiger charge is -2.19. The van der Waals surface area contributed by atoms with Gasteiger partial charge in [-0.1, -0.05) is 6.08 Å². The first-order chi connectivity index (χ1) is 5.02. The molecule has 0 saturated heterocycles. The van der Waals surface area contributed by atoms with E-state index in [4.69, 9.17) is 0 Å². The van der Waals surface area contributed by atoms with Gasteiger partial charge in [0.1, 0.15) is 0 Å². The van der Waals surface area contributed by atoms with Crippen LogP contribution >= 0.6 is 0 Å². The summed E-state index contributed by atoms with van der Waals surface area (Å²) < 4.78 is 4.40. The molecule has 0 heterocycles. The highest BCUT2D eigenvalue weighted by atomic mass is 16.5. The number of aliphatic hydroxyl groups is 1. The van der Waals surface area contributed by atoms with Gasteiger partial charge in [0.25, 0.3) is 0 Å². The first-order valence-electron chi connectivity index (χ1n) is 3.42. The van der Waals surface area contributed by atoms with Crippen LogP contribution in [0.5, 0.6) is 0 Å². The average molecular weight is 158 g/mol. The Balaban J connectivity index is 3.89. The summed E-state index contributed by atoms with van der Waals surface area (Å²) in [6.45, 7) is 5.04. The predicted octanol–water partition coefficient (Wildman–Crippen LogP) is 0.877. The fourth-order valence-corrected chi connectivity index (χ4v) is 0.766. The lowest BCUT2D eigenvalue weighted by molar-refractivity contribution is -0.145. The van der Waals surface area contributed by atoms with Crippen molar-refractivity contribution in [3.8, 4) is 0 Å². The van der Waals surface area contributed by atoms with E-state index in [1.807, 2.05) is 0 Å². The van der Waals surface area contributed by atoms with Crippen LogP contribution in [0.3, 0.4) is 0 Å². The molecule has 3 nitrogen and oxygen atoms in total. The largest absolute Gasteiger partial charge is 0.469 e. The van der Waals surface area contributed by atoms with Crippen molar-refractivity contribution < 1.29 is 14.6 Å². The molecule has 1 N–H and O–H groups in total. The molecule has 64 valence electrons. The third kappa shape index (κ3) is 4.56. The van der Waals surface area contributed by atoms with E-state index in [2.05, 4.69) is 11.3 Å². The molecule has 1 atom stereocenters. The maximum atomic E-state index is 10.7. The van der Waals surface area contributed by atoms with Gasteiger partial charge >= 0.3 is 5.97 Å². The van der Waals surface area contributed by atoms with Crippen molar-refractivity contribution in [3.05, 3.63) is 12.7 Å². The molecule has 0 spiro atoms. The van der Waals surface area contributed by atoms with Crippen LogP contribution in [0.2, 0.25) is 0 Å². The average Bonchev–Trinajstić information content (AvgIpc) is 1.86. The minimum absolute atomic E-state index is 0.00944. The molecule has 3 heteroatoms. The van der Waals surface area contributed by atoms with Crippen LogP contribution in [0.15, 0.2) is 12.7 Å². The Morgan fingerprint density at radius 2 is 2.36 bits per heavy atom. The van der Waals surface area contributed by atoms with Crippen molar-refractivity contribution in [2.45, 2.75) is 25.4 Å². The van der Waals surface area contributed by atoms with Crippen molar-refractivity contribution >= 4 is 5.97 Å². The molecule has 0 rings (SSSR count). The van der Waals surface area contributed by atoms with E-state index in [0.717, 1.165) is 0 Å². The Morgan fingerprint density at radius 1 is 1.82 bits per heavy atom. The fraction of sp³-hybridized carbons (Fsp3) is 0.625. The number of methoxy groups -OCH3 is 1. The number of hydrogen-bond donors (Lipinski definition) is 1. The second kappa shape index (κ2) is 4.13. The highest BCUT2D eigenvalue weighted by Crippen LogP contribution is 2.14. The summed E-state index contributed by atoms with van der Waals surface area (Å²) in [5.41, 5.74) is -1.02. The summed E-state index contributed by atoms with van der Waals surface area (Å²) in [7, 11) is 1.30. The number of hydrogen-bond acceptors (Lipinski definition) is 3. The lowest BCUT2D eigenvalue weighted by atomic mass is 9.99. The highest BCUT2D eigenvalue weighted by molar-refractivity contribution is 5.70. The SMILES string of the molecule is C=CCC(C)(O)CC(=O)OC. The number of esters is 1. The molecular weight excluding hydrogens is 144 g/mol. The molecular formula is C8H14O3. The van der Waals surface area contributed by atoms with Crippen LogP contribution in [0.4, 0.5) is 0 Å². The van der Waals surface area contributed by atoms with Gasteiger partial charge in [0, 0.05) is 0 Å². The Bertz CT molecular complexity index is 149. The summed E-state index contributed by atoms with van der Waals surface area (Å²) in [4.78, 5) is 10.7. The van der Waals surface area contributed by atoms with Crippen molar-refractivity contribution in [2.75, 3.05) is 7.11 Å². The number of ether oxygens (including phenoxy) is 1. The van der Waals surface area contributed by atoms with Crippen LogP contribution in [-0.2, 0) is 9.53 Å². The summed E-state index contributed by atoms with van der Waals surface area (Å²) in [5.74, 6) is -0.406. The maximum absolute atomic E-state index is 10.7. The molecule has 0 aliphatic rings. The number of carbonyl (C=O) groups is 1. The maximum Gasteiger partial charge on any atom is 0.308 e. The van der Waals surface area contributed by atoms with E-state index < -0.39 is 11.6 Å². The van der Waals surface area contributed by atoms with E-state index in [1.165, 1.54) is 7.11 Å². The van der Waals surface area contributed by atoms with Crippen molar-refractivity contribution in [2.24, 2.45) is 0 Å². The van der Waals surface area contributed by atoms with Gasteiger partial charge in [0.2, 0.25) is 0 Å². The van der Waals surface area contributed by atoms with Crippen LogP contribution in [0.25, 0.3) is 0 Å². The van der Waals surface area contributed by atoms with Crippen molar-refractivity contribution in [1.82, 2.24) is 0 Å². The minimum atomic E-state index is -1.02. The first-order valence-corrected chi connectivity index (χ1v) is 3.42. The van der Waals surface area contributed by atoms with Crippen LogP contribution in [0.1, 0.15) is 19.8 Å². The Morgan fingerprint density at radius 3 is 2.73 bits per heavy atom. The Hall–Kier alpha value is -0.830. The Labute approximate surface area is 66.7 Å². The highest BCUT2D eigenvalue weighted by Gasteiger charge is 2.22. The summed E-state index contributed by atoms with van der Waals surface area (Å²) in [6.07, 6.45) is 1.97. The van der Waals surface area contributed by atoms with Crippen LogP contribution < -0.4 is 0 Å². The zero-order valence-electron chi connectivity index (χ0n) is 6.96. The lowest BCUT2D eigenvalue weighted by Crippen LogP contribution is -2.27.